The van der Waals surface area contributed by atoms with E-state index in [1.165, 1.54) is 19.1 Å². The first kappa shape index (κ1) is 19.4. The Hall–Kier alpha value is -2.88. The molecule has 1 atom stereocenters. The lowest BCUT2D eigenvalue weighted by Crippen LogP contribution is -2.30. The number of benzene rings is 1. The largest absolute Gasteiger partial charge is 0.374 e. The zero-order valence-corrected chi connectivity index (χ0v) is 15.3. The van der Waals surface area contributed by atoms with Gasteiger partial charge in [0.25, 0.3) is 0 Å². The number of hydrogen-bond donors (Lipinski definition) is 1. The topological polar surface area (TPSA) is 15.3 Å². The van der Waals surface area contributed by atoms with Crippen molar-refractivity contribution in [2.75, 3.05) is 11.9 Å². The molecule has 2 rings (SSSR count). The van der Waals surface area contributed by atoms with Crippen LogP contribution in [0.25, 0.3) is 0 Å². The summed E-state index contributed by atoms with van der Waals surface area (Å²) in [5.74, 6) is 0.728. The summed E-state index contributed by atoms with van der Waals surface area (Å²) < 4.78 is 26.8. The third-order valence-corrected chi connectivity index (χ3v) is 3.83. The van der Waals surface area contributed by atoms with E-state index in [9.17, 15) is 8.78 Å². The lowest BCUT2D eigenvalue weighted by atomic mass is 10.1. The van der Waals surface area contributed by atoms with Crippen LogP contribution in [0.4, 0.5) is 14.5 Å². The number of anilines is 1. The van der Waals surface area contributed by atoms with Crippen LogP contribution >= 0.6 is 0 Å². The van der Waals surface area contributed by atoms with Gasteiger partial charge in [-0.1, -0.05) is 42.0 Å². The minimum Gasteiger partial charge on any atom is -0.374 e. The molecule has 0 fully saturated rings. The first-order valence-electron chi connectivity index (χ1n) is 8.43. The molecule has 0 aliphatic heterocycles. The maximum Gasteiger partial charge on any atom is 0.147 e. The van der Waals surface area contributed by atoms with Crippen LogP contribution < -0.4 is 10.2 Å². The molecular formula is C22H24F2N2. The van der Waals surface area contributed by atoms with Crippen LogP contribution in [0.1, 0.15) is 12.5 Å². The van der Waals surface area contributed by atoms with Gasteiger partial charge in [-0.3, -0.25) is 4.90 Å². The summed E-state index contributed by atoms with van der Waals surface area (Å²) in [6.45, 7) is 3.53. The number of aryl methyl sites for hydroxylation is 1. The Kier molecular flexibility index (Phi) is 6.73. The maximum atomic E-state index is 14.7. The third kappa shape index (κ3) is 5.31. The molecule has 0 amide bonds. The zero-order valence-electron chi connectivity index (χ0n) is 15.3. The van der Waals surface area contributed by atoms with Gasteiger partial charge in [-0.15, -0.1) is 0 Å². The van der Waals surface area contributed by atoms with E-state index in [1.54, 1.807) is 31.4 Å². The van der Waals surface area contributed by atoms with Gasteiger partial charge in [-0.05, 0) is 56.4 Å². The molecule has 0 radical (unpaired) electrons. The molecule has 0 heterocycles. The Bertz CT molecular complexity index is 779. The van der Waals surface area contributed by atoms with Gasteiger partial charge in [0.2, 0.25) is 0 Å². The fourth-order valence-corrected chi connectivity index (χ4v) is 2.57. The Labute approximate surface area is 154 Å². The molecule has 136 valence electrons. The second-order valence-electron chi connectivity index (χ2n) is 6.11. The van der Waals surface area contributed by atoms with Gasteiger partial charge in [-0.25, -0.2) is 8.78 Å². The van der Waals surface area contributed by atoms with Crippen LogP contribution in [0.2, 0.25) is 0 Å². The van der Waals surface area contributed by atoms with Crippen LogP contribution in [-0.2, 0) is 0 Å². The second kappa shape index (κ2) is 8.99. The van der Waals surface area contributed by atoms with E-state index in [1.807, 2.05) is 54.3 Å². The minimum absolute atomic E-state index is 0.470. The van der Waals surface area contributed by atoms with Gasteiger partial charge in [0.15, 0.2) is 0 Å². The van der Waals surface area contributed by atoms with Gasteiger partial charge >= 0.3 is 0 Å². The molecule has 2 nitrogen and oxygen atoms in total. The number of halogens is 2. The Morgan fingerprint density at radius 1 is 1.12 bits per heavy atom. The number of hydrogen-bond acceptors (Lipinski definition) is 2. The van der Waals surface area contributed by atoms with Crippen molar-refractivity contribution >= 4 is 5.69 Å². The summed E-state index contributed by atoms with van der Waals surface area (Å²) in [6, 6.07) is 7.97. The predicted octanol–water partition coefficient (Wildman–Crippen LogP) is 5.64. The molecule has 1 aliphatic rings. The van der Waals surface area contributed by atoms with E-state index in [4.69, 9.17) is 0 Å². The Balaban J connectivity index is 2.55. The van der Waals surface area contributed by atoms with Crippen molar-refractivity contribution in [2.45, 2.75) is 19.5 Å². The number of nitrogens with zero attached hydrogens (tertiary/aromatic N) is 1. The fraction of sp³-hybridized carbons (Fsp3) is 0.182. The molecule has 0 spiro atoms. The van der Waals surface area contributed by atoms with Crippen LogP contribution in [0.15, 0.2) is 96.8 Å². The number of alkyl halides is 1. The quantitative estimate of drug-likeness (QED) is 0.665. The summed E-state index contributed by atoms with van der Waals surface area (Å²) in [6.07, 6.45) is 15.3. The standard InChI is InChI=1S/C22H24F2N2/c1-18-11-13-19(14-12-18)26(21(25-3)10-5-4-8-16-23)20-9-6-7-15-22(2,24)17-20/h4-17,25H,1-3H3/b5-4-,16-8+,21-10+. The molecule has 0 bridgehead atoms. The first-order chi connectivity index (χ1) is 12.5. The molecule has 4 heteroatoms. The van der Waals surface area contributed by atoms with Gasteiger partial charge in [0.05, 0.1) is 6.33 Å². The van der Waals surface area contributed by atoms with E-state index in [0.29, 0.717) is 12.0 Å². The van der Waals surface area contributed by atoms with E-state index >= 15 is 0 Å². The molecule has 1 aliphatic carbocycles. The highest BCUT2D eigenvalue weighted by molar-refractivity contribution is 5.62. The van der Waals surface area contributed by atoms with Crippen molar-refractivity contribution in [3.8, 4) is 0 Å². The lowest BCUT2D eigenvalue weighted by molar-refractivity contribution is 0.327. The summed E-state index contributed by atoms with van der Waals surface area (Å²) in [5, 5.41) is 3.14. The van der Waals surface area contributed by atoms with Gasteiger partial charge in [-0.2, -0.15) is 0 Å². The number of rotatable bonds is 6. The summed E-state index contributed by atoms with van der Waals surface area (Å²) in [4.78, 5) is 1.92. The highest BCUT2D eigenvalue weighted by Gasteiger charge is 2.22. The Morgan fingerprint density at radius 2 is 1.85 bits per heavy atom. The van der Waals surface area contributed by atoms with Crippen LogP contribution in [0, 0.1) is 6.92 Å². The van der Waals surface area contributed by atoms with E-state index in [2.05, 4.69) is 5.32 Å². The fourth-order valence-electron chi connectivity index (χ4n) is 2.57. The van der Waals surface area contributed by atoms with Crippen LogP contribution in [-0.4, -0.2) is 12.7 Å². The van der Waals surface area contributed by atoms with Gasteiger partial charge < -0.3 is 5.32 Å². The summed E-state index contributed by atoms with van der Waals surface area (Å²) >= 11 is 0. The zero-order chi connectivity index (χ0) is 19.0. The average Bonchev–Trinajstić information content (AvgIpc) is 2.79. The number of allylic oxidation sites excluding steroid dienone is 9. The second-order valence-corrected chi connectivity index (χ2v) is 6.11. The van der Waals surface area contributed by atoms with Gasteiger partial charge in [0.1, 0.15) is 11.5 Å². The molecule has 1 N–H and O–H groups in total. The summed E-state index contributed by atoms with van der Waals surface area (Å²) in [5.41, 5.74) is 1.16. The molecule has 0 saturated heterocycles. The van der Waals surface area contributed by atoms with Crippen molar-refractivity contribution in [1.82, 2.24) is 5.32 Å². The van der Waals surface area contributed by atoms with Crippen molar-refractivity contribution in [2.24, 2.45) is 0 Å². The molecule has 1 aromatic rings. The maximum absolute atomic E-state index is 14.7. The molecular weight excluding hydrogens is 330 g/mol. The third-order valence-electron chi connectivity index (χ3n) is 3.83. The van der Waals surface area contributed by atoms with Gasteiger partial charge in [0, 0.05) is 18.4 Å². The van der Waals surface area contributed by atoms with Crippen molar-refractivity contribution in [3.05, 3.63) is 102 Å². The highest BCUT2D eigenvalue weighted by atomic mass is 19.1. The van der Waals surface area contributed by atoms with E-state index in [-0.39, 0.29) is 0 Å². The predicted molar refractivity (Wildman–Crippen MR) is 106 cm³/mol. The Morgan fingerprint density at radius 3 is 2.50 bits per heavy atom. The number of nitrogens with one attached hydrogen (secondary N) is 1. The first-order valence-corrected chi connectivity index (χ1v) is 8.43. The van der Waals surface area contributed by atoms with E-state index in [0.717, 1.165) is 17.1 Å². The van der Waals surface area contributed by atoms with Crippen molar-refractivity contribution in [1.29, 1.82) is 0 Å². The smallest absolute Gasteiger partial charge is 0.147 e. The van der Waals surface area contributed by atoms with Crippen molar-refractivity contribution < 1.29 is 8.78 Å². The minimum atomic E-state index is -1.56. The van der Waals surface area contributed by atoms with Crippen LogP contribution in [0.3, 0.4) is 0 Å². The molecule has 1 aromatic carbocycles. The average molecular weight is 354 g/mol. The van der Waals surface area contributed by atoms with Crippen molar-refractivity contribution in [3.63, 3.8) is 0 Å². The molecule has 26 heavy (non-hydrogen) atoms. The highest BCUT2D eigenvalue weighted by Crippen LogP contribution is 2.29. The SMILES string of the molecule is CN\C(=C/C=C\C=C\F)N(C1=CC(C)(F)C=CC=C1)c1ccc(C)cc1. The monoisotopic (exact) mass is 354 g/mol. The lowest BCUT2D eigenvalue weighted by Gasteiger charge is -2.29. The molecule has 0 saturated carbocycles. The van der Waals surface area contributed by atoms with Crippen LogP contribution in [0.5, 0.6) is 0 Å². The summed E-state index contributed by atoms with van der Waals surface area (Å²) in [7, 11) is 1.79. The normalized spacial score (nSPS) is 20.5. The molecule has 1 unspecified atom stereocenters. The molecule has 0 aromatic heterocycles. The van der Waals surface area contributed by atoms with E-state index < -0.39 is 5.67 Å².